The molecule has 0 unspecified atom stereocenters. The van der Waals surface area contributed by atoms with Gasteiger partial charge in [-0.2, -0.15) is 0 Å². The number of halogens is 1. The van der Waals surface area contributed by atoms with Crippen molar-refractivity contribution in [2.45, 2.75) is 39.1 Å². The summed E-state index contributed by atoms with van der Waals surface area (Å²) in [5.41, 5.74) is 4.76. The molecule has 0 radical (unpaired) electrons. The monoisotopic (exact) mass is 484 g/mol. The van der Waals surface area contributed by atoms with E-state index < -0.39 is 0 Å². The van der Waals surface area contributed by atoms with Gasteiger partial charge in [-0.05, 0) is 35.2 Å². The van der Waals surface area contributed by atoms with Crippen molar-refractivity contribution in [2.75, 3.05) is 6.54 Å². The molecule has 4 aromatic rings. The minimum absolute atomic E-state index is 0.0709. The second-order valence-corrected chi connectivity index (χ2v) is 9.18. The lowest BCUT2D eigenvalue weighted by Crippen LogP contribution is -2.34. The number of nitrogens with one attached hydrogen (secondary N) is 1. The van der Waals surface area contributed by atoms with Crippen LogP contribution in [-0.4, -0.2) is 26.7 Å². The largest absolute Gasteiger partial charge is 0.350 e. The number of aromatic nitrogens is 2. The predicted octanol–water partition coefficient (Wildman–Crippen LogP) is 3.71. The number of hydrogen-bond acceptors (Lipinski definition) is 3. The first-order valence-electron chi connectivity index (χ1n) is 12.2. The van der Waals surface area contributed by atoms with Crippen LogP contribution in [0.25, 0.3) is 0 Å². The molecular formula is C29H29FN4O2. The molecule has 184 valence electrons. The smallest absolute Gasteiger partial charge is 0.270 e. The van der Waals surface area contributed by atoms with Gasteiger partial charge < -0.3 is 5.32 Å². The van der Waals surface area contributed by atoms with Crippen LogP contribution in [0.3, 0.4) is 0 Å². The Balaban J connectivity index is 1.39. The number of benzene rings is 3. The zero-order chi connectivity index (χ0) is 24.9. The van der Waals surface area contributed by atoms with Crippen LogP contribution in [-0.2, 0) is 43.9 Å². The lowest BCUT2D eigenvalue weighted by molar-refractivity contribution is -0.122. The van der Waals surface area contributed by atoms with E-state index in [4.69, 9.17) is 0 Å². The highest BCUT2D eigenvalue weighted by Gasteiger charge is 2.27. The highest BCUT2D eigenvalue weighted by Crippen LogP contribution is 2.20. The third-order valence-corrected chi connectivity index (χ3v) is 6.62. The molecule has 3 aromatic carbocycles. The van der Waals surface area contributed by atoms with Gasteiger partial charge in [-0.15, -0.1) is 0 Å². The van der Waals surface area contributed by atoms with Gasteiger partial charge in [0.05, 0.1) is 12.2 Å². The summed E-state index contributed by atoms with van der Waals surface area (Å²) in [6, 6.07) is 26.3. The van der Waals surface area contributed by atoms with Gasteiger partial charge in [-0.1, -0.05) is 72.8 Å². The molecule has 1 amide bonds. The summed E-state index contributed by atoms with van der Waals surface area (Å²) in [6.07, 6.45) is 0.653. The number of hydrogen-bond donors (Lipinski definition) is 1. The highest BCUT2D eigenvalue weighted by atomic mass is 19.1. The van der Waals surface area contributed by atoms with Crippen LogP contribution in [0.15, 0.2) is 89.7 Å². The summed E-state index contributed by atoms with van der Waals surface area (Å²) in [4.78, 5) is 28.6. The van der Waals surface area contributed by atoms with Crippen molar-refractivity contribution in [3.63, 3.8) is 0 Å². The number of amides is 1. The van der Waals surface area contributed by atoms with Crippen molar-refractivity contribution < 1.29 is 9.18 Å². The van der Waals surface area contributed by atoms with E-state index in [9.17, 15) is 14.0 Å². The van der Waals surface area contributed by atoms with E-state index in [2.05, 4.69) is 22.3 Å². The van der Waals surface area contributed by atoms with E-state index in [1.54, 1.807) is 16.8 Å². The van der Waals surface area contributed by atoms with Gasteiger partial charge in [0.2, 0.25) is 5.91 Å². The normalized spacial score (nSPS) is 13.4. The molecule has 0 fully saturated rings. The van der Waals surface area contributed by atoms with E-state index in [1.807, 2.05) is 53.2 Å². The molecule has 5 rings (SSSR count). The molecule has 6 nitrogen and oxygen atoms in total. The maximum Gasteiger partial charge on any atom is 0.270 e. The highest BCUT2D eigenvalue weighted by molar-refractivity contribution is 5.75. The first-order valence-corrected chi connectivity index (χ1v) is 12.2. The fraction of sp³-hybridized carbons (Fsp3) is 0.241. The molecule has 1 aliphatic heterocycles. The summed E-state index contributed by atoms with van der Waals surface area (Å²) < 4.78 is 16.7. The van der Waals surface area contributed by atoms with E-state index in [-0.39, 0.29) is 30.4 Å². The van der Waals surface area contributed by atoms with Gasteiger partial charge in [0, 0.05) is 31.7 Å². The van der Waals surface area contributed by atoms with Crippen LogP contribution in [0.1, 0.15) is 27.9 Å². The van der Waals surface area contributed by atoms with Crippen molar-refractivity contribution in [3.8, 4) is 0 Å². The molecule has 0 aliphatic carbocycles. The molecule has 1 aliphatic rings. The molecule has 0 bridgehead atoms. The van der Waals surface area contributed by atoms with Gasteiger partial charge in [0.1, 0.15) is 12.4 Å². The van der Waals surface area contributed by atoms with Gasteiger partial charge in [-0.25, -0.2) is 9.07 Å². The molecule has 2 heterocycles. The third-order valence-electron chi connectivity index (χ3n) is 6.62. The van der Waals surface area contributed by atoms with Crippen LogP contribution in [0.2, 0.25) is 0 Å². The Morgan fingerprint density at radius 1 is 0.806 bits per heavy atom. The average Bonchev–Trinajstić information content (AvgIpc) is 3.15. The standard InChI is InChI=1S/C29H29FN4O2/c30-25-13-11-22(12-14-25)17-31-28(35)21-34-29(36)26-15-16-32(18-23-7-3-1-4-8-23)20-27(26)33(34)19-24-9-5-2-6-10-24/h1-14H,15-21H2,(H,31,35). The number of nitrogens with zero attached hydrogens (tertiary/aromatic N) is 3. The molecule has 36 heavy (non-hydrogen) atoms. The molecular weight excluding hydrogens is 455 g/mol. The Morgan fingerprint density at radius 3 is 2.11 bits per heavy atom. The molecule has 1 aromatic heterocycles. The molecule has 0 saturated carbocycles. The second-order valence-electron chi connectivity index (χ2n) is 9.18. The predicted molar refractivity (Wildman–Crippen MR) is 137 cm³/mol. The first kappa shape index (κ1) is 23.8. The zero-order valence-electron chi connectivity index (χ0n) is 20.1. The fourth-order valence-electron chi connectivity index (χ4n) is 4.75. The van der Waals surface area contributed by atoms with Crippen molar-refractivity contribution in [3.05, 3.63) is 129 Å². The maximum atomic E-state index is 13.4. The fourth-order valence-corrected chi connectivity index (χ4v) is 4.75. The molecule has 0 saturated heterocycles. The summed E-state index contributed by atoms with van der Waals surface area (Å²) in [7, 11) is 0. The van der Waals surface area contributed by atoms with Crippen LogP contribution < -0.4 is 10.9 Å². The van der Waals surface area contributed by atoms with Crippen molar-refractivity contribution in [1.82, 2.24) is 19.6 Å². The van der Waals surface area contributed by atoms with E-state index in [1.165, 1.54) is 17.7 Å². The number of carbonyl (C=O) groups excluding carboxylic acids is 1. The molecule has 1 N–H and O–H groups in total. The molecule has 7 heteroatoms. The van der Waals surface area contributed by atoms with Crippen LogP contribution in [0, 0.1) is 5.82 Å². The Hall–Kier alpha value is -3.97. The van der Waals surface area contributed by atoms with Crippen molar-refractivity contribution in [2.24, 2.45) is 0 Å². The zero-order valence-corrected chi connectivity index (χ0v) is 20.1. The topological polar surface area (TPSA) is 59.3 Å². The minimum atomic E-state index is -0.317. The van der Waals surface area contributed by atoms with E-state index >= 15 is 0 Å². The summed E-state index contributed by atoms with van der Waals surface area (Å²) in [6.45, 7) is 2.97. The Labute approximate surface area is 209 Å². The van der Waals surface area contributed by atoms with Gasteiger partial charge in [0.25, 0.3) is 5.56 Å². The van der Waals surface area contributed by atoms with Crippen LogP contribution >= 0.6 is 0 Å². The average molecular weight is 485 g/mol. The number of rotatable bonds is 8. The lowest BCUT2D eigenvalue weighted by Gasteiger charge is -2.28. The SMILES string of the molecule is O=C(Cn1c(=O)c2c(n1Cc1ccccc1)CN(Cc1ccccc1)CC2)NCc1ccc(F)cc1. The number of carbonyl (C=O) groups is 1. The van der Waals surface area contributed by atoms with Gasteiger partial charge >= 0.3 is 0 Å². The van der Waals surface area contributed by atoms with Gasteiger partial charge in [-0.3, -0.25) is 19.2 Å². The van der Waals surface area contributed by atoms with Gasteiger partial charge in [0.15, 0.2) is 0 Å². The van der Waals surface area contributed by atoms with E-state index in [0.29, 0.717) is 19.5 Å². The quantitative estimate of drug-likeness (QED) is 0.415. The van der Waals surface area contributed by atoms with E-state index in [0.717, 1.165) is 35.5 Å². The minimum Gasteiger partial charge on any atom is -0.350 e. The number of fused-ring (bicyclic) bond motifs is 1. The van der Waals surface area contributed by atoms with Crippen molar-refractivity contribution >= 4 is 5.91 Å². The Morgan fingerprint density at radius 2 is 1.44 bits per heavy atom. The molecule has 0 spiro atoms. The summed E-state index contributed by atoms with van der Waals surface area (Å²) in [5, 5.41) is 2.86. The third kappa shape index (κ3) is 5.47. The van der Waals surface area contributed by atoms with Crippen LogP contribution in [0.4, 0.5) is 4.39 Å². The Kier molecular flexibility index (Phi) is 7.09. The Bertz CT molecular complexity index is 1380. The summed E-state index contributed by atoms with van der Waals surface area (Å²) >= 11 is 0. The second kappa shape index (κ2) is 10.7. The van der Waals surface area contributed by atoms with Crippen molar-refractivity contribution in [1.29, 1.82) is 0 Å². The molecule has 0 atom stereocenters. The lowest BCUT2D eigenvalue weighted by atomic mass is 10.1. The summed E-state index contributed by atoms with van der Waals surface area (Å²) in [5.74, 6) is -0.575. The van der Waals surface area contributed by atoms with Crippen LogP contribution in [0.5, 0.6) is 0 Å². The first-order chi connectivity index (χ1) is 17.6. The maximum absolute atomic E-state index is 13.4.